The highest BCUT2D eigenvalue weighted by Gasteiger charge is 2.04. The predicted octanol–water partition coefficient (Wildman–Crippen LogP) is 1.22. The number of hydrogen-bond donors (Lipinski definition) is 3. The van der Waals surface area contributed by atoms with E-state index in [1.807, 2.05) is 6.92 Å². The zero-order valence-electron chi connectivity index (χ0n) is 9.03. The summed E-state index contributed by atoms with van der Waals surface area (Å²) in [5.41, 5.74) is 0.760. The Morgan fingerprint density at radius 2 is 2.13 bits per heavy atom. The van der Waals surface area contributed by atoms with Crippen molar-refractivity contribution in [3.63, 3.8) is 0 Å². The number of methoxy groups -OCH3 is 1. The molecule has 1 aromatic carbocycles. The summed E-state index contributed by atoms with van der Waals surface area (Å²) >= 11 is 0. The number of benzene rings is 1. The highest BCUT2D eigenvalue weighted by Crippen LogP contribution is 2.22. The van der Waals surface area contributed by atoms with Crippen LogP contribution in [-0.2, 0) is 11.3 Å². The maximum Gasteiger partial charge on any atom is 0.123 e. The van der Waals surface area contributed by atoms with Crippen molar-refractivity contribution in [2.45, 2.75) is 19.5 Å². The molecule has 4 heteroatoms. The van der Waals surface area contributed by atoms with Crippen molar-refractivity contribution in [1.82, 2.24) is 5.32 Å². The summed E-state index contributed by atoms with van der Waals surface area (Å²) in [7, 11) is 1.65. The van der Waals surface area contributed by atoms with E-state index in [1.54, 1.807) is 19.2 Å². The fraction of sp³-hybridized carbons (Fsp3) is 0.455. The van der Waals surface area contributed by atoms with Crippen LogP contribution < -0.4 is 5.32 Å². The van der Waals surface area contributed by atoms with Crippen LogP contribution in [0.4, 0.5) is 0 Å². The first-order valence-electron chi connectivity index (χ1n) is 4.86. The van der Waals surface area contributed by atoms with E-state index in [1.165, 1.54) is 6.07 Å². The van der Waals surface area contributed by atoms with Gasteiger partial charge in [-0.3, -0.25) is 0 Å². The van der Waals surface area contributed by atoms with Crippen LogP contribution in [0, 0.1) is 0 Å². The molecule has 0 aliphatic rings. The first-order chi connectivity index (χ1) is 7.13. The van der Waals surface area contributed by atoms with Gasteiger partial charge in [0.2, 0.25) is 0 Å². The standard InChI is InChI=1S/C11H17NO3/c1-8(7-15-2)12-6-9-3-4-10(13)5-11(9)14/h3-5,8,12-14H,6-7H2,1-2H3. The van der Waals surface area contributed by atoms with Gasteiger partial charge in [0, 0.05) is 31.3 Å². The third kappa shape index (κ3) is 3.77. The maximum absolute atomic E-state index is 9.50. The maximum atomic E-state index is 9.50. The molecule has 0 spiro atoms. The minimum Gasteiger partial charge on any atom is -0.508 e. The lowest BCUT2D eigenvalue weighted by molar-refractivity contribution is 0.171. The van der Waals surface area contributed by atoms with E-state index in [-0.39, 0.29) is 17.5 Å². The molecule has 0 saturated heterocycles. The Morgan fingerprint density at radius 1 is 1.40 bits per heavy atom. The lowest BCUT2D eigenvalue weighted by Gasteiger charge is -2.13. The SMILES string of the molecule is COCC(C)NCc1ccc(O)cc1O. The van der Waals surface area contributed by atoms with Gasteiger partial charge in [-0.2, -0.15) is 0 Å². The smallest absolute Gasteiger partial charge is 0.123 e. The minimum absolute atomic E-state index is 0.0705. The van der Waals surface area contributed by atoms with E-state index in [0.29, 0.717) is 13.2 Å². The Bertz CT molecular complexity index is 315. The molecule has 0 radical (unpaired) electrons. The Morgan fingerprint density at radius 3 is 2.73 bits per heavy atom. The van der Waals surface area contributed by atoms with Gasteiger partial charge in [0.15, 0.2) is 0 Å². The van der Waals surface area contributed by atoms with Crippen molar-refractivity contribution in [1.29, 1.82) is 0 Å². The first-order valence-corrected chi connectivity index (χ1v) is 4.86. The molecule has 1 unspecified atom stereocenters. The van der Waals surface area contributed by atoms with Crippen LogP contribution in [0.2, 0.25) is 0 Å². The molecular formula is C11H17NO3. The van der Waals surface area contributed by atoms with Gasteiger partial charge in [0.1, 0.15) is 11.5 Å². The molecule has 84 valence electrons. The molecule has 1 atom stereocenters. The molecule has 0 amide bonds. The summed E-state index contributed by atoms with van der Waals surface area (Å²) in [5, 5.41) is 21.8. The summed E-state index contributed by atoms with van der Waals surface area (Å²) in [5.74, 6) is 0.174. The minimum atomic E-state index is 0.0705. The Labute approximate surface area is 89.5 Å². The van der Waals surface area contributed by atoms with E-state index in [2.05, 4.69) is 5.32 Å². The highest BCUT2D eigenvalue weighted by atomic mass is 16.5. The summed E-state index contributed by atoms with van der Waals surface area (Å²) in [6.07, 6.45) is 0. The van der Waals surface area contributed by atoms with Crippen LogP contribution in [0.25, 0.3) is 0 Å². The number of rotatable bonds is 5. The molecule has 1 rings (SSSR count). The number of aromatic hydroxyl groups is 2. The quantitative estimate of drug-likeness (QED) is 0.685. The van der Waals surface area contributed by atoms with Gasteiger partial charge in [0.05, 0.1) is 6.61 Å². The molecule has 3 N–H and O–H groups in total. The zero-order valence-corrected chi connectivity index (χ0v) is 9.03. The normalized spacial score (nSPS) is 12.7. The zero-order chi connectivity index (χ0) is 11.3. The van der Waals surface area contributed by atoms with Gasteiger partial charge in [-0.25, -0.2) is 0 Å². The molecule has 1 aromatic rings. The second-order valence-corrected chi connectivity index (χ2v) is 3.55. The highest BCUT2D eigenvalue weighted by molar-refractivity contribution is 5.38. The number of phenolic OH excluding ortho intramolecular Hbond substituents is 2. The molecule has 0 bridgehead atoms. The van der Waals surface area contributed by atoms with Gasteiger partial charge in [-0.05, 0) is 13.0 Å². The third-order valence-corrected chi connectivity index (χ3v) is 2.13. The Balaban J connectivity index is 2.50. The summed E-state index contributed by atoms with van der Waals surface area (Å²) in [6, 6.07) is 4.80. The van der Waals surface area contributed by atoms with Crippen LogP contribution >= 0.6 is 0 Å². The summed E-state index contributed by atoms with van der Waals surface area (Å²) in [4.78, 5) is 0. The van der Waals surface area contributed by atoms with Crippen molar-refractivity contribution in [3.05, 3.63) is 23.8 Å². The monoisotopic (exact) mass is 211 g/mol. The van der Waals surface area contributed by atoms with Gasteiger partial charge in [0.25, 0.3) is 0 Å². The van der Waals surface area contributed by atoms with E-state index < -0.39 is 0 Å². The molecule has 0 aliphatic carbocycles. The molecular weight excluding hydrogens is 194 g/mol. The molecule has 15 heavy (non-hydrogen) atoms. The average Bonchev–Trinajstić information content (AvgIpc) is 2.17. The molecule has 4 nitrogen and oxygen atoms in total. The van der Waals surface area contributed by atoms with E-state index in [0.717, 1.165) is 5.56 Å². The van der Waals surface area contributed by atoms with Crippen LogP contribution in [-0.4, -0.2) is 30.0 Å². The largest absolute Gasteiger partial charge is 0.508 e. The third-order valence-electron chi connectivity index (χ3n) is 2.13. The van der Waals surface area contributed by atoms with Crippen molar-refractivity contribution in [2.75, 3.05) is 13.7 Å². The number of nitrogens with one attached hydrogen (secondary N) is 1. The van der Waals surface area contributed by atoms with Crippen molar-refractivity contribution in [3.8, 4) is 11.5 Å². The summed E-state index contributed by atoms with van der Waals surface area (Å²) in [6.45, 7) is 3.18. The van der Waals surface area contributed by atoms with E-state index in [9.17, 15) is 5.11 Å². The van der Waals surface area contributed by atoms with Gasteiger partial charge in [-0.15, -0.1) is 0 Å². The van der Waals surface area contributed by atoms with Gasteiger partial charge < -0.3 is 20.3 Å². The lowest BCUT2D eigenvalue weighted by Crippen LogP contribution is -2.29. The predicted molar refractivity (Wildman–Crippen MR) is 57.9 cm³/mol. The number of hydrogen-bond acceptors (Lipinski definition) is 4. The molecule has 0 aliphatic heterocycles. The lowest BCUT2D eigenvalue weighted by atomic mass is 10.2. The average molecular weight is 211 g/mol. The Hall–Kier alpha value is -1.26. The van der Waals surface area contributed by atoms with Crippen molar-refractivity contribution >= 4 is 0 Å². The fourth-order valence-electron chi connectivity index (χ4n) is 1.29. The number of phenols is 2. The second-order valence-electron chi connectivity index (χ2n) is 3.55. The Kier molecular flexibility index (Phi) is 4.39. The molecule has 0 aromatic heterocycles. The number of ether oxygens (including phenoxy) is 1. The van der Waals surface area contributed by atoms with E-state index in [4.69, 9.17) is 9.84 Å². The van der Waals surface area contributed by atoms with Crippen LogP contribution in [0.5, 0.6) is 11.5 Å². The first kappa shape index (κ1) is 11.8. The van der Waals surface area contributed by atoms with Crippen LogP contribution in [0.1, 0.15) is 12.5 Å². The van der Waals surface area contributed by atoms with Crippen molar-refractivity contribution < 1.29 is 14.9 Å². The molecule has 0 heterocycles. The van der Waals surface area contributed by atoms with Crippen LogP contribution in [0.3, 0.4) is 0 Å². The fourth-order valence-corrected chi connectivity index (χ4v) is 1.29. The topological polar surface area (TPSA) is 61.7 Å². The van der Waals surface area contributed by atoms with Gasteiger partial charge in [-0.1, -0.05) is 6.07 Å². The molecule has 0 saturated carbocycles. The van der Waals surface area contributed by atoms with E-state index >= 15 is 0 Å². The van der Waals surface area contributed by atoms with Gasteiger partial charge >= 0.3 is 0 Å². The molecule has 0 fully saturated rings. The summed E-state index contributed by atoms with van der Waals surface area (Å²) < 4.78 is 4.98. The van der Waals surface area contributed by atoms with Crippen LogP contribution in [0.15, 0.2) is 18.2 Å². The van der Waals surface area contributed by atoms with Crippen molar-refractivity contribution in [2.24, 2.45) is 0 Å². The second kappa shape index (κ2) is 5.58.